The Labute approximate surface area is 75.2 Å². The molecule has 1 aliphatic rings. The average Bonchev–Trinajstić information content (AvgIpc) is 2.87. The number of unbranched alkanes of at least 4 members (excludes halogenated alkanes) is 3. The molecule has 2 nitrogen and oxygen atoms in total. The van der Waals surface area contributed by atoms with Crippen molar-refractivity contribution >= 4 is 0 Å². The van der Waals surface area contributed by atoms with Crippen LogP contribution in [0.3, 0.4) is 0 Å². The Morgan fingerprint density at radius 3 is 2.75 bits per heavy atom. The van der Waals surface area contributed by atoms with E-state index >= 15 is 0 Å². The van der Waals surface area contributed by atoms with Crippen LogP contribution in [0.2, 0.25) is 0 Å². The van der Waals surface area contributed by atoms with Gasteiger partial charge >= 0.3 is 0 Å². The lowest BCUT2D eigenvalue weighted by Gasteiger charge is -2.01. The van der Waals surface area contributed by atoms with Gasteiger partial charge < -0.3 is 9.47 Å². The summed E-state index contributed by atoms with van der Waals surface area (Å²) in [5.74, 6) is 0. The van der Waals surface area contributed by atoms with Gasteiger partial charge in [0.2, 0.25) is 0 Å². The van der Waals surface area contributed by atoms with Crippen molar-refractivity contribution in [3.05, 3.63) is 6.92 Å². The molecule has 0 saturated carbocycles. The molecule has 1 radical (unpaired) electrons. The van der Waals surface area contributed by atoms with Crippen LogP contribution in [0.15, 0.2) is 0 Å². The second-order valence-electron chi connectivity index (χ2n) is 3.27. The van der Waals surface area contributed by atoms with Gasteiger partial charge in [0.05, 0.1) is 12.7 Å². The van der Waals surface area contributed by atoms with E-state index in [-0.39, 0.29) is 0 Å². The van der Waals surface area contributed by atoms with Crippen LogP contribution in [-0.4, -0.2) is 25.9 Å². The van der Waals surface area contributed by atoms with Crippen LogP contribution in [0.1, 0.15) is 32.1 Å². The van der Waals surface area contributed by atoms with Gasteiger partial charge in [-0.3, -0.25) is 0 Å². The maximum absolute atomic E-state index is 5.43. The minimum absolute atomic E-state index is 0.518. The zero-order valence-corrected chi connectivity index (χ0v) is 7.76. The predicted octanol–water partition coefficient (Wildman–Crippen LogP) is 2.19. The van der Waals surface area contributed by atoms with Crippen LogP contribution in [0.4, 0.5) is 0 Å². The third-order valence-electron chi connectivity index (χ3n) is 2.03. The van der Waals surface area contributed by atoms with E-state index in [2.05, 4.69) is 6.92 Å². The van der Waals surface area contributed by atoms with Gasteiger partial charge in [0.25, 0.3) is 0 Å². The highest BCUT2D eigenvalue weighted by Crippen LogP contribution is 2.12. The standard InChI is InChI=1S/C10H19O2/c1-2-3-4-5-7-11-8-6-10-9-12-10/h10H,1-9H2. The summed E-state index contributed by atoms with van der Waals surface area (Å²) in [6.45, 7) is 6.52. The van der Waals surface area contributed by atoms with Crippen molar-refractivity contribution in [1.82, 2.24) is 0 Å². The smallest absolute Gasteiger partial charge is 0.0831 e. The second-order valence-corrected chi connectivity index (χ2v) is 3.27. The molecule has 1 atom stereocenters. The molecule has 1 unspecified atom stereocenters. The first-order valence-corrected chi connectivity index (χ1v) is 4.92. The van der Waals surface area contributed by atoms with Gasteiger partial charge in [0, 0.05) is 13.2 Å². The molecular weight excluding hydrogens is 152 g/mol. The first kappa shape index (κ1) is 10.0. The van der Waals surface area contributed by atoms with Crippen LogP contribution in [-0.2, 0) is 9.47 Å². The summed E-state index contributed by atoms with van der Waals surface area (Å²) in [5, 5.41) is 0. The average molecular weight is 171 g/mol. The molecule has 0 aromatic carbocycles. The summed E-state index contributed by atoms with van der Waals surface area (Å²) in [7, 11) is 0. The van der Waals surface area contributed by atoms with Gasteiger partial charge in [0.15, 0.2) is 0 Å². The van der Waals surface area contributed by atoms with E-state index in [0.717, 1.165) is 32.7 Å². The molecule has 1 heterocycles. The lowest BCUT2D eigenvalue weighted by Crippen LogP contribution is -1.99. The molecule has 0 amide bonds. The summed E-state index contributed by atoms with van der Waals surface area (Å²) >= 11 is 0. The van der Waals surface area contributed by atoms with Crippen molar-refractivity contribution in [2.75, 3.05) is 19.8 Å². The van der Waals surface area contributed by atoms with Crippen molar-refractivity contribution in [3.63, 3.8) is 0 Å². The third kappa shape index (κ3) is 5.56. The molecule has 2 heteroatoms. The lowest BCUT2D eigenvalue weighted by atomic mass is 10.2. The SMILES string of the molecule is [CH2]CCCCCOCCC1CO1. The molecule has 1 rings (SSSR count). The quantitative estimate of drug-likeness (QED) is 0.412. The largest absolute Gasteiger partial charge is 0.381 e. The maximum atomic E-state index is 5.43. The lowest BCUT2D eigenvalue weighted by molar-refractivity contribution is 0.122. The Morgan fingerprint density at radius 2 is 2.08 bits per heavy atom. The molecule has 0 aromatic rings. The van der Waals surface area contributed by atoms with E-state index in [0.29, 0.717) is 6.10 Å². The molecule has 1 saturated heterocycles. The molecular formula is C10H19O2. The Bertz CT molecular complexity index is 100. The van der Waals surface area contributed by atoms with Crippen molar-refractivity contribution in [2.24, 2.45) is 0 Å². The minimum atomic E-state index is 0.518. The van der Waals surface area contributed by atoms with Crippen molar-refractivity contribution in [1.29, 1.82) is 0 Å². The Morgan fingerprint density at radius 1 is 1.25 bits per heavy atom. The normalized spacial score (nSPS) is 21.2. The minimum Gasteiger partial charge on any atom is -0.381 e. The molecule has 1 fully saturated rings. The van der Waals surface area contributed by atoms with Gasteiger partial charge in [-0.15, -0.1) is 0 Å². The molecule has 1 aliphatic heterocycles. The van der Waals surface area contributed by atoms with E-state index < -0.39 is 0 Å². The Balaban J connectivity index is 1.65. The zero-order chi connectivity index (χ0) is 8.65. The molecule has 71 valence electrons. The maximum Gasteiger partial charge on any atom is 0.0831 e. The van der Waals surface area contributed by atoms with Crippen molar-refractivity contribution in [3.8, 4) is 0 Å². The molecule has 0 aliphatic carbocycles. The van der Waals surface area contributed by atoms with Crippen LogP contribution in [0.25, 0.3) is 0 Å². The fourth-order valence-corrected chi connectivity index (χ4v) is 1.11. The van der Waals surface area contributed by atoms with Crippen LogP contribution >= 0.6 is 0 Å². The van der Waals surface area contributed by atoms with Gasteiger partial charge in [-0.05, 0) is 12.8 Å². The number of epoxide rings is 1. The van der Waals surface area contributed by atoms with Gasteiger partial charge in [-0.1, -0.05) is 26.2 Å². The molecule has 0 N–H and O–H groups in total. The summed E-state index contributed by atoms with van der Waals surface area (Å²) in [4.78, 5) is 0. The highest BCUT2D eigenvalue weighted by Gasteiger charge is 2.21. The molecule has 12 heavy (non-hydrogen) atoms. The van der Waals surface area contributed by atoms with E-state index in [9.17, 15) is 0 Å². The van der Waals surface area contributed by atoms with Gasteiger partial charge in [-0.25, -0.2) is 0 Å². The first-order chi connectivity index (χ1) is 5.93. The Kier molecular flexibility index (Phi) is 5.37. The summed E-state index contributed by atoms with van der Waals surface area (Å²) in [5.41, 5.74) is 0. The van der Waals surface area contributed by atoms with Crippen LogP contribution in [0.5, 0.6) is 0 Å². The fraction of sp³-hybridized carbons (Fsp3) is 0.900. The number of hydrogen-bond donors (Lipinski definition) is 0. The highest BCUT2D eigenvalue weighted by atomic mass is 16.6. The number of ether oxygens (including phenoxy) is 2. The van der Waals surface area contributed by atoms with E-state index in [1.807, 2.05) is 0 Å². The number of hydrogen-bond acceptors (Lipinski definition) is 2. The van der Waals surface area contributed by atoms with Crippen molar-refractivity contribution in [2.45, 2.75) is 38.2 Å². The molecule has 0 aromatic heterocycles. The topological polar surface area (TPSA) is 21.8 Å². The number of rotatable bonds is 8. The fourth-order valence-electron chi connectivity index (χ4n) is 1.11. The second kappa shape index (κ2) is 6.44. The summed E-state index contributed by atoms with van der Waals surface area (Å²) in [6.07, 6.45) is 6.31. The first-order valence-electron chi connectivity index (χ1n) is 4.92. The van der Waals surface area contributed by atoms with E-state index in [1.54, 1.807) is 0 Å². The van der Waals surface area contributed by atoms with Gasteiger partial charge in [0.1, 0.15) is 0 Å². The molecule has 0 spiro atoms. The Hall–Kier alpha value is -0.0800. The summed E-state index contributed by atoms with van der Waals surface area (Å²) in [6, 6.07) is 0. The monoisotopic (exact) mass is 171 g/mol. The predicted molar refractivity (Wildman–Crippen MR) is 49.0 cm³/mol. The highest BCUT2D eigenvalue weighted by molar-refractivity contribution is 4.67. The summed E-state index contributed by atoms with van der Waals surface area (Å²) < 4.78 is 10.5. The van der Waals surface area contributed by atoms with Crippen LogP contribution < -0.4 is 0 Å². The van der Waals surface area contributed by atoms with E-state index in [4.69, 9.17) is 9.47 Å². The van der Waals surface area contributed by atoms with Crippen molar-refractivity contribution < 1.29 is 9.47 Å². The van der Waals surface area contributed by atoms with Gasteiger partial charge in [-0.2, -0.15) is 0 Å². The van der Waals surface area contributed by atoms with E-state index in [1.165, 1.54) is 19.3 Å². The molecule has 0 bridgehead atoms. The van der Waals surface area contributed by atoms with Crippen LogP contribution in [0, 0.1) is 6.92 Å². The zero-order valence-electron chi connectivity index (χ0n) is 7.76. The third-order valence-corrected chi connectivity index (χ3v) is 2.03.